The summed E-state index contributed by atoms with van der Waals surface area (Å²) in [4.78, 5) is 37.9. The van der Waals surface area contributed by atoms with Crippen LogP contribution in [0.1, 0.15) is 374 Å². The molecule has 0 radical (unpaired) electrons. The Morgan fingerprint density at radius 3 is 0.708 bits per heavy atom. The highest BCUT2D eigenvalue weighted by atomic mass is 16.6. The first-order chi connectivity index (χ1) is 35.5. The van der Waals surface area contributed by atoms with Gasteiger partial charge in [-0.15, -0.1) is 0 Å². The predicted octanol–water partition coefficient (Wildman–Crippen LogP) is 22.1. The highest BCUT2D eigenvalue weighted by molar-refractivity contribution is 5.71. The van der Waals surface area contributed by atoms with Gasteiger partial charge in [0.05, 0.1) is 0 Å². The van der Waals surface area contributed by atoms with E-state index >= 15 is 0 Å². The van der Waals surface area contributed by atoms with Crippen LogP contribution in [0.3, 0.4) is 0 Å². The number of allylic oxidation sites excluding steroid dienone is 2. The minimum atomic E-state index is -0.767. The fourth-order valence-corrected chi connectivity index (χ4v) is 10.1. The van der Waals surface area contributed by atoms with Crippen molar-refractivity contribution in [3.8, 4) is 0 Å². The molecule has 0 amide bonds. The summed E-state index contributed by atoms with van der Waals surface area (Å²) >= 11 is 0. The molecule has 0 N–H and O–H groups in total. The number of carbonyl (C=O) groups is 3. The Bertz CT molecular complexity index is 1120. The second-order valence-corrected chi connectivity index (χ2v) is 22.4. The molecule has 0 heterocycles. The van der Waals surface area contributed by atoms with E-state index in [1.165, 1.54) is 270 Å². The molecule has 0 spiro atoms. The lowest BCUT2D eigenvalue weighted by atomic mass is 10.0. The third-order valence-electron chi connectivity index (χ3n) is 15.0. The minimum absolute atomic E-state index is 0.0684. The molecule has 0 aromatic carbocycles. The van der Waals surface area contributed by atoms with Crippen molar-refractivity contribution < 1.29 is 28.6 Å². The average molecular weight is 1020 g/mol. The van der Waals surface area contributed by atoms with Gasteiger partial charge in [0.1, 0.15) is 13.2 Å². The number of rotatable bonds is 61. The van der Waals surface area contributed by atoms with Gasteiger partial charge in [-0.2, -0.15) is 0 Å². The molecule has 0 rings (SSSR count). The largest absolute Gasteiger partial charge is 0.462 e. The van der Waals surface area contributed by atoms with Gasteiger partial charge in [-0.3, -0.25) is 14.4 Å². The molecule has 426 valence electrons. The van der Waals surface area contributed by atoms with Crippen molar-refractivity contribution in [1.82, 2.24) is 0 Å². The van der Waals surface area contributed by atoms with Gasteiger partial charge in [0.25, 0.3) is 0 Å². The van der Waals surface area contributed by atoms with Crippen molar-refractivity contribution in [3.05, 3.63) is 12.2 Å². The zero-order valence-corrected chi connectivity index (χ0v) is 49.0. The molecule has 0 fully saturated rings. The van der Waals surface area contributed by atoms with Crippen molar-refractivity contribution in [1.29, 1.82) is 0 Å². The highest BCUT2D eigenvalue weighted by Crippen LogP contribution is 2.19. The molecule has 0 aromatic heterocycles. The van der Waals surface area contributed by atoms with Crippen LogP contribution in [0.2, 0.25) is 0 Å². The first-order valence-electron chi connectivity index (χ1n) is 32.7. The standard InChI is InChI=1S/C66H126O6/c1-4-7-10-13-16-18-20-22-23-24-25-26-27-28-29-30-31-32-33-34-35-36-37-38-39-40-41-42-44-45-47-50-53-56-59-65(68)71-62-63(61-70-64(67)58-55-52-49-15-12-9-6-3)72-66(69)60-57-54-51-48-46-43-21-19-17-14-11-8-5-2/h19,21,63H,4-18,20,22-62H2,1-3H3/b21-19-. The van der Waals surface area contributed by atoms with Crippen LogP contribution in [0.15, 0.2) is 12.2 Å². The van der Waals surface area contributed by atoms with Gasteiger partial charge < -0.3 is 14.2 Å². The Labute approximate surface area is 450 Å². The van der Waals surface area contributed by atoms with Gasteiger partial charge in [0, 0.05) is 19.3 Å². The van der Waals surface area contributed by atoms with E-state index in [9.17, 15) is 14.4 Å². The van der Waals surface area contributed by atoms with E-state index in [0.29, 0.717) is 19.3 Å². The maximum absolute atomic E-state index is 12.8. The molecule has 6 heteroatoms. The zero-order chi connectivity index (χ0) is 52.2. The molecular weight excluding hydrogens is 889 g/mol. The van der Waals surface area contributed by atoms with Gasteiger partial charge in [-0.25, -0.2) is 0 Å². The average Bonchev–Trinajstić information content (AvgIpc) is 3.38. The molecule has 6 nitrogen and oxygen atoms in total. The maximum atomic E-state index is 12.8. The number of unbranched alkanes of at least 4 members (excludes halogenated alkanes) is 48. The molecule has 72 heavy (non-hydrogen) atoms. The SMILES string of the molecule is CCCCCC/C=C\CCCCCCCC(=O)OC(COC(=O)CCCCCCCCC)COC(=O)CCCCCCCCCCCCCCCCCCCCCCCCCCCCCCCCCCCC. The molecule has 1 atom stereocenters. The quantitative estimate of drug-likeness (QED) is 0.0261. The third kappa shape index (κ3) is 59.0. The summed E-state index contributed by atoms with van der Waals surface area (Å²) in [6.07, 6.45) is 72.8. The van der Waals surface area contributed by atoms with Crippen LogP contribution in [-0.2, 0) is 28.6 Å². The van der Waals surface area contributed by atoms with E-state index < -0.39 is 6.10 Å². The van der Waals surface area contributed by atoms with E-state index in [4.69, 9.17) is 14.2 Å². The smallest absolute Gasteiger partial charge is 0.306 e. The maximum Gasteiger partial charge on any atom is 0.306 e. The first-order valence-corrected chi connectivity index (χ1v) is 32.7. The van der Waals surface area contributed by atoms with Crippen LogP contribution < -0.4 is 0 Å². The minimum Gasteiger partial charge on any atom is -0.462 e. The monoisotopic (exact) mass is 1010 g/mol. The Morgan fingerprint density at radius 2 is 0.458 bits per heavy atom. The van der Waals surface area contributed by atoms with E-state index in [-0.39, 0.29) is 31.1 Å². The Balaban J connectivity index is 3.87. The fraction of sp³-hybridized carbons (Fsp3) is 0.924. The molecule has 0 bridgehead atoms. The molecule has 0 saturated heterocycles. The topological polar surface area (TPSA) is 78.9 Å². The summed E-state index contributed by atoms with van der Waals surface area (Å²) in [7, 11) is 0. The van der Waals surface area contributed by atoms with Crippen LogP contribution >= 0.6 is 0 Å². The Kier molecular flexibility index (Phi) is 60.1. The lowest BCUT2D eigenvalue weighted by molar-refractivity contribution is -0.167. The van der Waals surface area contributed by atoms with Crippen LogP contribution in [0.4, 0.5) is 0 Å². The van der Waals surface area contributed by atoms with Crippen LogP contribution in [0.25, 0.3) is 0 Å². The normalized spacial score (nSPS) is 12.0. The molecule has 0 aliphatic rings. The predicted molar refractivity (Wildman–Crippen MR) is 312 cm³/mol. The van der Waals surface area contributed by atoms with Crippen LogP contribution in [0.5, 0.6) is 0 Å². The van der Waals surface area contributed by atoms with Crippen molar-refractivity contribution >= 4 is 17.9 Å². The molecule has 1 unspecified atom stereocenters. The van der Waals surface area contributed by atoms with Crippen molar-refractivity contribution in [2.45, 2.75) is 380 Å². The van der Waals surface area contributed by atoms with Crippen molar-refractivity contribution in [2.24, 2.45) is 0 Å². The van der Waals surface area contributed by atoms with Crippen LogP contribution in [0, 0.1) is 0 Å². The van der Waals surface area contributed by atoms with E-state index in [1.54, 1.807) is 0 Å². The van der Waals surface area contributed by atoms with Gasteiger partial charge in [0.2, 0.25) is 0 Å². The summed E-state index contributed by atoms with van der Waals surface area (Å²) in [5, 5.41) is 0. The van der Waals surface area contributed by atoms with E-state index in [2.05, 4.69) is 32.9 Å². The van der Waals surface area contributed by atoms with Crippen molar-refractivity contribution in [3.63, 3.8) is 0 Å². The van der Waals surface area contributed by atoms with Crippen LogP contribution in [-0.4, -0.2) is 37.2 Å². The number of hydrogen-bond acceptors (Lipinski definition) is 6. The first kappa shape index (κ1) is 70.1. The van der Waals surface area contributed by atoms with Gasteiger partial charge in [0.15, 0.2) is 6.10 Å². The molecule has 0 aliphatic carbocycles. The van der Waals surface area contributed by atoms with Gasteiger partial charge in [-0.1, -0.05) is 322 Å². The third-order valence-corrected chi connectivity index (χ3v) is 15.0. The number of hydrogen-bond donors (Lipinski definition) is 0. The van der Waals surface area contributed by atoms with E-state index in [0.717, 1.165) is 64.2 Å². The summed E-state index contributed by atoms with van der Waals surface area (Å²) in [6, 6.07) is 0. The summed E-state index contributed by atoms with van der Waals surface area (Å²) in [6.45, 7) is 6.63. The number of carbonyl (C=O) groups excluding carboxylic acids is 3. The van der Waals surface area contributed by atoms with Gasteiger partial charge >= 0.3 is 17.9 Å². The second kappa shape index (κ2) is 61.7. The summed E-state index contributed by atoms with van der Waals surface area (Å²) in [5.74, 6) is -0.863. The molecule has 0 saturated carbocycles. The van der Waals surface area contributed by atoms with Crippen molar-refractivity contribution in [2.75, 3.05) is 13.2 Å². The van der Waals surface area contributed by atoms with Gasteiger partial charge in [-0.05, 0) is 44.9 Å². The summed E-state index contributed by atoms with van der Waals surface area (Å²) in [5.41, 5.74) is 0. The molecule has 0 aliphatic heterocycles. The lowest BCUT2D eigenvalue weighted by Gasteiger charge is -2.18. The second-order valence-electron chi connectivity index (χ2n) is 22.4. The zero-order valence-electron chi connectivity index (χ0n) is 49.0. The summed E-state index contributed by atoms with van der Waals surface area (Å²) < 4.78 is 16.8. The number of esters is 3. The fourth-order valence-electron chi connectivity index (χ4n) is 10.1. The molecular formula is C66H126O6. The van der Waals surface area contributed by atoms with E-state index in [1.807, 2.05) is 0 Å². The number of ether oxygens (including phenoxy) is 3. The Hall–Kier alpha value is -1.85. The molecule has 0 aromatic rings. The lowest BCUT2D eigenvalue weighted by Crippen LogP contribution is -2.30. The highest BCUT2D eigenvalue weighted by Gasteiger charge is 2.19. The Morgan fingerprint density at radius 1 is 0.264 bits per heavy atom.